The number of benzene rings is 2. The summed E-state index contributed by atoms with van der Waals surface area (Å²) >= 11 is 1.67. The van der Waals surface area contributed by atoms with Gasteiger partial charge in [-0.05, 0) is 81.5 Å². The lowest BCUT2D eigenvalue weighted by molar-refractivity contribution is 0.0523. The van der Waals surface area contributed by atoms with Crippen molar-refractivity contribution in [1.82, 2.24) is 5.32 Å². The van der Waals surface area contributed by atoms with Crippen molar-refractivity contribution in [3.05, 3.63) is 59.2 Å². The largest absolute Gasteiger partial charge is 0.444 e. The van der Waals surface area contributed by atoms with Crippen molar-refractivity contribution in [1.29, 1.82) is 5.26 Å². The Hall–Kier alpha value is -2.45. The third-order valence-corrected chi connectivity index (χ3v) is 5.62. The van der Waals surface area contributed by atoms with E-state index < -0.39 is 5.60 Å². The van der Waals surface area contributed by atoms with Crippen LogP contribution in [0.15, 0.2) is 52.3 Å². The van der Waals surface area contributed by atoms with Crippen LogP contribution >= 0.6 is 11.8 Å². The molecular formula is C23H26N2O2S. The van der Waals surface area contributed by atoms with Crippen LogP contribution < -0.4 is 5.32 Å². The van der Waals surface area contributed by atoms with Gasteiger partial charge in [0.05, 0.1) is 11.6 Å². The van der Waals surface area contributed by atoms with E-state index in [0.717, 1.165) is 24.2 Å². The van der Waals surface area contributed by atoms with E-state index in [-0.39, 0.29) is 6.09 Å². The van der Waals surface area contributed by atoms with Crippen molar-refractivity contribution in [3.8, 4) is 6.07 Å². The van der Waals surface area contributed by atoms with Gasteiger partial charge in [0.15, 0.2) is 0 Å². The summed E-state index contributed by atoms with van der Waals surface area (Å²) in [5.41, 5.74) is 2.86. The van der Waals surface area contributed by atoms with Crippen LogP contribution in [0, 0.1) is 11.3 Å². The van der Waals surface area contributed by atoms with E-state index in [1.165, 1.54) is 16.0 Å². The number of carbonyl (C=O) groups is 1. The van der Waals surface area contributed by atoms with Crippen LogP contribution in [-0.2, 0) is 11.2 Å². The van der Waals surface area contributed by atoms with Crippen molar-refractivity contribution in [2.75, 3.05) is 6.54 Å². The van der Waals surface area contributed by atoms with Crippen LogP contribution in [0.25, 0.3) is 0 Å². The number of ether oxygens (including phenoxy) is 1. The molecule has 0 aromatic heterocycles. The zero-order valence-corrected chi connectivity index (χ0v) is 17.4. The third kappa shape index (κ3) is 5.53. The van der Waals surface area contributed by atoms with Gasteiger partial charge in [-0.1, -0.05) is 23.9 Å². The molecule has 1 aliphatic rings. The maximum absolute atomic E-state index is 12.0. The average molecular weight is 395 g/mol. The first-order valence-corrected chi connectivity index (χ1v) is 10.4. The van der Waals surface area contributed by atoms with E-state index in [9.17, 15) is 4.79 Å². The van der Waals surface area contributed by atoms with Gasteiger partial charge >= 0.3 is 6.09 Å². The standard InChI is InChI=1S/C23H26N2O2S/c1-23(2,3)27-22(26)25-15-18-8-5-7-17-13-20(10-11-21(17)18)28-19-9-4-6-16(12-19)14-24/h4,6,9-13,18H,5,7-8,15H2,1-3H3,(H,25,26)/t18-/m0/s1. The molecule has 3 rings (SSSR count). The van der Waals surface area contributed by atoms with Gasteiger partial charge in [-0.15, -0.1) is 0 Å². The maximum Gasteiger partial charge on any atom is 0.407 e. The number of nitrogens with zero attached hydrogens (tertiary/aromatic N) is 1. The minimum atomic E-state index is -0.483. The molecule has 146 valence electrons. The van der Waals surface area contributed by atoms with Crippen molar-refractivity contribution in [2.24, 2.45) is 0 Å². The molecule has 0 radical (unpaired) electrons. The van der Waals surface area contributed by atoms with E-state index >= 15 is 0 Å². The number of hydrogen-bond donors (Lipinski definition) is 1. The van der Waals surface area contributed by atoms with Crippen molar-refractivity contribution in [3.63, 3.8) is 0 Å². The Morgan fingerprint density at radius 2 is 2.04 bits per heavy atom. The molecule has 1 aliphatic carbocycles. The van der Waals surface area contributed by atoms with Gasteiger partial charge in [0.2, 0.25) is 0 Å². The molecule has 2 aromatic rings. The summed E-state index contributed by atoms with van der Waals surface area (Å²) in [5.74, 6) is 0.317. The van der Waals surface area contributed by atoms with E-state index in [0.29, 0.717) is 18.0 Å². The van der Waals surface area contributed by atoms with E-state index in [4.69, 9.17) is 10.00 Å². The number of nitrogens with one attached hydrogen (secondary N) is 1. The van der Waals surface area contributed by atoms with Crippen LogP contribution in [0.5, 0.6) is 0 Å². The SMILES string of the molecule is CC(C)(C)OC(=O)NC[C@@H]1CCCc2cc(Sc3cccc(C#N)c3)ccc21. The minimum absolute atomic E-state index is 0.317. The van der Waals surface area contributed by atoms with Gasteiger partial charge in [0, 0.05) is 22.3 Å². The number of nitriles is 1. The molecule has 0 saturated heterocycles. The molecule has 0 aliphatic heterocycles. The number of rotatable bonds is 4. The van der Waals surface area contributed by atoms with E-state index in [1.807, 2.05) is 45.0 Å². The molecule has 0 bridgehead atoms. The Labute approximate surface area is 171 Å². The second-order valence-electron chi connectivity index (χ2n) is 8.07. The molecule has 0 saturated carbocycles. The van der Waals surface area contributed by atoms with Crippen LogP contribution in [0.4, 0.5) is 4.79 Å². The molecule has 1 N–H and O–H groups in total. The monoisotopic (exact) mass is 394 g/mol. The predicted molar refractivity (Wildman–Crippen MR) is 112 cm³/mol. The molecular weight excluding hydrogens is 368 g/mol. The number of aryl methyl sites for hydroxylation is 1. The van der Waals surface area contributed by atoms with Crippen LogP contribution in [0.3, 0.4) is 0 Å². The minimum Gasteiger partial charge on any atom is -0.444 e. The summed E-state index contributed by atoms with van der Waals surface area (Å²) in [6, 6.07) is 16.4. The van der Waals surface area contributed by atoms with Gasteiger partial charge in [-0.2, -0.15) is 5.26 Å². The normalized spacial score (nSPS) is 16.0. The Balaban J connectivity index is 1.68. The molecule has 4 nitrogen and oxygen atoms in total. The first kappa shape index (κ1) is 20.3. The predicted octanol–water partition coefficient (Wildman–Crippen LogP) is 5.65. The fraction of sp³-hybridized carbons (Fsp3) is 0.391. The zero-order chi connectivity index (χ0) is 20.1. The zero-order valence-electron chi connectivity index (χ0n) is 16.6. The Bertz CT molecular complexity index is 896. The molecule has 0 heterocycles. The van der Waals surface area contributed by atoms with E-state index in [1.54, 1.807) is 11.8 Å². The molecule has 2 aromatic carbocycles. The Morgan fingerprint density at radius 3 is 2.79 bits per heavy atom. The highest BCUT2D eigenvalue weighted by atomic mass is 32.2. The number of hydrogen-bond acceptors (Lipinski definition) is 4. The van der Waals surface area contributed by atoms with Crippen molar-refractivity contribution in [2.45, 2.75) is 61.3 Å². The second kappa shape index (κ2) is 8.70. The summed E-state index contributed by atoms with van der Waals surface area (Å²) < 4.78 is 5.34. The molecule has 0 spiro atoms. The van der Waals surface area contributed by atoms with Crippen molar-refractivity contribution >= 4 is 17.9 Å². The summed E-state index contributed by atoms with van der Waals surface area (Å²) in [7, 11) is 0. The fourth-order valence-corrected chi connectivity index (χ4v) is 4.39. The smallest absolute Gasteiger partial charge is 0.407 e. The first-order chi connectivity index (χ1) is 13.3. The Morgan fingerprint density at radius 1 is 1.25 bits per heavy atom. The quantitative estimate of drug-likeness (QED) is 0.727. The molecule has 0 unspecified atom stereocenters. The Kier molecular flexibility index (Phi) is 6.31. The number of carbonyl (C=O) groups excluding carboxylic acids is 1. The molecule has 0 fully saturated rings. The summed E-state index contributed by atoms with van der Waals surface area (Å²) in [6.45, 7) is 6.20. The highest BCUT2D eigenvalue weighted by molar-refractivity contribution is 7.99. The summed E-state index contributed by atoms with van der Waals surface area (Å²) in [4.78, 5) is 14.2. The van der Waals surface area contributed by atoms with Gasteiger partial charge in [-0.3, -0.25) is 0 Å². The van der Waals surface area contributed by atoms with Crippen LogP contribution in [-0.4, -0.2) is 18.2 Å². The van der Waals surface area contributed by atoms with Gasteiger partial charge in [0.25, 0.3) is 0 Å². The van der Waals surface area contributed by atoms with Gasteiger partial charge in [-0.25, -0.2) is 4.79 Å². The fourth-order valence-electron chi connectivity index (χ4n) is 3.45. The summed E-state index contributed by atoms with van der Waals surface area (Å²) in [6.07, 6.45) is 2.89. The second-order valence-corrected chi connectivity index (χ2v) is 9.22. The van der Waals surface area contributed by atoms with Gasteiger partial charge < -0.3 is 10.1 Å². The lowest BCUT2D eigenvalue weighted by atomic mass is 9.83. The van der Waals surface area contributed by atoms with Crippen LogP contribution in [0.1, 0.15) is 56.2 Å². The third-order valence-electron chi connectivity index (χ3n) is 4.64. The number of amides is 1. The lowest BCUT2D eigenvalue weighted by Gasteiger charge is -2.27. The summed E-state index contributed by atoms with van der Waals surface area (Å²) in [5, 5.41) is 12.0. The maximum atomic E-state index is 12.0. The lowest BCUT2D eigenvalue weighted by Crippen LogP contribution is -2.35. The molecule has 1 amide bonds. The van der Waals surface area contributed by atoms with Gasteiger partial charge in [0.1, 0.15) is 5.60 Å². The first-order valence-electron chi connectivity index (χ1n) is 9.62. The molecule has 5 heteroatoms. The van der Waals surface area contributed by atoms with Crippen molar-refractivity contribution < 1.29 is 9.53 Å². The highest BCUT2D eigenvalue weighted by Gasteiger charge is 2.22. The molecule has 28 heavy (non-hydrogen) atoms. The topological polar surface area (TPSA) is 62.1 Å². The highest BCUT2D eigenvalue weighted by Crippen LogP contribution is 2.36. The number of fused-ring (bicyclic) bond motifs is 1. The molecule has 1 atom stereocenters. The van der Waals surface area contributed by atoms with E-state index in [2.05, 4.69) is 29.6 Å². The average Bonchev–Trinajstić information content (AvgIpc) is 2.65. The van der Waals surface area contributed by atoms with Crippen LogP contribution in [0.2, 0.25) is 0 Å². The number of alkyl carbamates (subject to hydrolysis) is 1.